The zero-order chi connectivity index (χ0) is 12.3. The molecule has 2 rings (SSSR count). The molecule has 0 aliphatic carbocycles. The lowest BCUT2D eigenvalue weighted by atomic mass is 10.2. The van der Waals surface area contributed by atoms with Crippen LogP contribution in [0.4, 0.5) is 0 Å². The Labute approximate surface area is 103 Å². The average Bonchev–Trinajstić information content (AvgIpc) is 2.77. The summed E-state index contributed by atoms with van der Waals surface area (Å²) in [4.78, 5) is 11.2. The first-order chi connectivity index (χ1) is 8.20. The van der Waals surface area contributed by atoms with Crippen molar-refractivity contribution in [1.82, 2.24) is 0 Å². The van der Waals surface area contributed by atoms with Gasteiger partial charge in [0.1, 0.15) is 5.75 Å². The van der Waals surface area contributed by atoms with Gasteiger partial charge in [0.25, 0.3) is 5.91 Å². The van der Waals surface area contributed by atoms with E-state index in [1.165, 1.54) is 11.3 Å². The molecular formula is C12H11NO3S. The van der Waals surface area contributed by atoms with Crippen molar-refractivity contribution in [2.45, 2.75) is 0 Å². The molecule has 0 radical (unpaired) electrons. The van der Waals surface area contributed by atoms with Gasteiger partial charge in [-0.15, -0.1) is 0 Å². The zero-order valence-corrected chi connectivity index (χ0v) is 9.99. The van der Waals surface area contributed by atoms with Crippen LogP contribution in [0, 0.1) is 0 Å². The van der Waals surface area contributed by atoms with Gasteiger partial charge in [0.2, 0.25) is 0 Å². The number of ether oxygens (including phenoxy) is 2. The number of primary amides is 1. The van der Waals surface area contributed by atoms with Crippen molar-refractivity contribution < 1.29 is 14.3 Å². The van der Waals surface area contributed by atoms with Crippen LogP contribution in [-0.2, 0) is 0 Å². The highest BCUT2D eigenvalue weighted by Gasteiger charge is 2.10. The van der Waals surface area contributed by atoms with E-state index in [0.29, 0.717) is 16.4 Å². The fourth-order valence-corrected chi connectivity index (χ4v) is 2.02. The normalized spacial score (nSPS) is 9.94. The summed E-state index contributed by atoms with van der Waals surface area (Å²) in [5, 5.41) is 1.40. The molecule has 17 heavy (non-hydrogen) atoms. The van der Waals surface area contributed by atoms with Gasteiger partial charge in [-0.1, -0.05) is 23.5 Å². The van der Waals surface area contributed by atoms with Crippen LogP contribution in [0.1, 0.15) is 10.4 Å². The molecule has 0 unspecified atom stereocenters. The number of benzene rings is 1. The van der Waals surface area contributed by atoms with Crippen LogP contribution in [0.2, 0.25) is 0 Å². The lowest BCUT2D eigenvalue weighted by molar-refractivity contribution is 0.0998. The van der Waals surface area contributed by atoms with Crippen molar-refractivity contribution in [1.29, 1.82) is 0 Å². The van der Waals surface area contributed by atoms with Crippen molar-refractivity contribution in [3.05, 3.63) is 42.0 Å². The number of rotatable bonds is 4. The Morgan fingerprint density at radius 2 is 1.88 bits per heavy atom. The Morgan fingerprint density at radius 3 is 2.53 bits per heavy atom. The van der Waals surface area contributed by atoms with Crippen LogP contribution in [0.15, 0.2) is 36.4 Å². The first-order valence-corrected chi connectivity index (χ1v) is 5.73. The van der Waals surface area contributed by atoms with E-state index in [1.54, 1.807) is 43.5 Å². The number of carbonyl (C=O) groups excluding carboxylic acids is 1. The second kappa shape index (κ2) is 4.88. The van der Waals surface area contributed by atoms with Gasteiger partial charge in [0.05, 0.1) is 12.7 Å². The largest absolute Gasteiger partial charge is 0.487 e. The number of methoxy groups -OCH3 is 1. The van der Waals surface area contributed by atoms with Crippen LogP contribution < -0.4 is 15.2 Å². The first kappa shape index (κ1) is 11.5. The molecule has 0 atom stereocenters. The maximum atomic E-state index is 11.2. The van der Waals surface area contributed by atoms with E-state index in [2.05, 4.69) is 0 Å². The summed E-state index contributed by atoms with van der Waals surface area (Å²) < 4.78 is 10.6. The first-order valence-electron chi connectivity index (χ1n) is 4.91. The monoisotopic (exact) mass is 249 g/mol. The lowest BCUT2D eigenvalue weighted by Gasteiger charge is -2.06. The Hall–Kier alpha value is -2.01. The van der Waals surface area contributed by atoms with Gasteiger partial charge in [-0.3, -0.25) is 4.79 Å². The highest BCUT2D eigenvalue weighted by Crippen LogP contribution is 2.34. The molecule has 1 aromatic heterocycles. The Balaban J connectivity index is 2.26. The molecule has 2 N–H and O–H groups in total. The smallest absolute Gasteiger partial charge is 0.252 e. The average molecular weight is 249 g/mol. The Bertz CT molecular complexity index is 536. The summed E-state index contributed by atoms with van der Waals surface area (Å²) in [5.74, 6) is -0.0615. The van der Waals surface area contributed by atoms with Crippen molar-refractivity contribution >= 4 is 17.2 Å². The van der Waals surface area contributed by atoms with E-state index in [-0.39, 0.29) is 0 Å². The van der Waals surface area contributed by atoms with Gasteiger partial charge in [-0.05, 0) is 24.3 Å². The number of hydrogen-bond donors (Lipinski definition) is 1. The van der Waals surface area contributed by atoms with Gasteiger partial charge >= 0.3 is 0 Å². The molecule has 0 saturated carbocycles. The molecule has 0 fully saturated rings. The minimum atomic E-state index is -0.510. The predicted molar refractivity (Wildman–Crippen MR) is 65.9 cm³/mol. The standard InChI is InChI=1S/C12H11NO3S/c1-15-10-6-7-11(17-10)16-9-5-3-2-4-8(9)12(13)14/h2-7H,1H3,(H2,13,14). The maximum absolute atomic E-state index is 11.2. The van der Waals surface area contributed by atoms with Crippen molar-refractivity contribution in [2.75, 3.05) is 7.11 Å². The molecule has 0 spiro atoms. The number of thiophene rings is 1. The zero-order valence-electron chi connectivity index (χ0n) is 9.17. The molecule has 0 aliphatic heterocycles. The number of amides is 1. The summed E-state index contributed by atoms with van der Waals surface area (Å²) >= 11 is 1.35. The van der Waals surface area contributed by atoms with Crippen LogP contribution in [0.3, 0.4) is 0 Å². The van der Waals surface area contributed by atoms with E-state index < -0.39 is 5.91 Å². The van der Waals surface area contributed by atoms with E-state index >= 15 is 0 Å². The van der Waals surface area contributed by atoms with E-state index in [1.807, 2.05) is 0 Å². The van der Waals surface area contributed by atoms with E-state index in [9.17, 15) is 4.79 Å². The molecule has 1 heterocycles. The van der Waals surface area contributed by atoms with Gasteiger partial charge in [0.15, 0.2) is 10.1 Å². The van der Waals surface area contributed by atoms with Crippen LogP contribution in [0.25, 0.3) is 0 Å². The topological polar surface area (TPSA) is 61.6 Å². The Kier molecular flexibility index (Phi) is 3.30. The van der Waals surface area contributed by atoms with Crippen LogP contribution in [-0.4, -0.2) is 13.0 Å². The third-order valence-corrected chi connectivity index (χ3v) is 3.05. The summed E-state index contributed by atoms with van der Waals surface area (Å²) in [6, 6.07) is 10.4. The third kappa shape index (κ3) is 2.57. The molecule has 0 bridgehead atoms. The molecule has 1 amide bonds. The summed E-state index contributed by atoms with van der Waals surface area (Å²) in [7, 11) is 1.59. The molecule has 2 aromatic rings. The van der Waals surface area contributed by atoms with E-state index in [4.69, 9.17) is 15.2 Å². The minimum Gasteiger partial charge on any atom is -0.487 e. The molecule has 1 aromatic carbocycles. The fraction of sp³-hybridized carbons (Fsp3) is 0.0833. The molecule has 5 heteroatoms. The molecule has 88 valence electrons. The van der Waals surface area contributed by atoms with Gasteiger partial charge < -0.3 is 15.2 Å². The quantitative estimate of drug-likeness (QED) is 0.906. The van der Waals surface area contributed by atoms with Crippen molar-refractivity contribution in [3.63, 3.8) is 0 Å². The second-order valence-corrected chi connectivity index (χ2v) is 4.25. The van der Waals surface area contributed by atoms with Crippen molar-refractivity contribution in [3.8, 4) is 15.9 Å². The number of para-hydroxylation sites is 1. The lowest BCUT2D eigenvalue weighted by Crippen LogP contribution is -2.11. The van der Waals surface area contributed by atoms with Crippen molar-refractivity contribution in [2.24, 2.45) is 5.73 Å². The van der Waals surface area contributed by atoms with Gasteiger partial charge in [-0.25, -0.2) is 0 Å². The molecular weight excluding hydrogens is 238 g/mol. The number of nitrogens with two attached hydrogens (primary N) is 1. The summed E-state index contributed by atoms with van der Waals surface area (Å²) in [5.41, 5.74) is 5.62. The van der Waals surface area contributed by atoms with Crippen LogP contribution in [0.5, 0.6) is 15.9 Å². The van der Waals surface area contributed by atoms with Gasteiger partial charge in [-0.2, -0.15) is 0 Å². The van der Waals surface area contributed by atoms with E-state index in [0.717, 1.165) is 5.06 Å². The summed E-state index contributed by atoms with van der Waals surface area (Å²) in [6.45, 7) is 0. The third-order valence-electron chi connectivity index (χ3n) is 2.12. The SMILES string of the molecule is COc1ccc(Oc2ccccc2C(N)=O)s1. The van der Waals surface area contributed by atoms with Crippen LogP contribution >= 0.6 is 11.3 Å². The molecule has 4 nitrogen and oxygen atoms in total. The fourth-order valence-electron chi connectivity index (χ4n) is 1.34. The maximum Gasteiger partial charge on any atom is 0.252 e. The minimum absolute atomic E-state index is 0.361. The summed E-state index contributed by atoms with van der Waals surface area (Å²) in [6.07, 6.45) is 0. The van der Waals surface area contributed by atoms with Gasteiger partial charge in [0, 0.05) is 0 Å². The highest BCUT2D eigenvalue weighted by molar-refractivity contribution is 7.15. The molecule has 0 aliphatic rings. The number of carbonyl (C=O) groups is 1. The highest BCUT2D eigenvalue weighted by atomic mass is 32.1. The second-order valence-electron chi connectivity index (χ2n) is 3.24. The Morgan fingerprint density at radius 1 is 1.18 bits per heavy atom. The number of hydrogen-bond acceptors (Lipinski definition) is 4. The molecule has 0 saturated heterocycles. The predicted octanol–water partition coefficient (Wildman–Crippen LogP) is 2.65.